The summed E-state index contributed by atoms with van der Waals surface area (Å²) in [7, 11) is 1.54. The third kappa shape index (κ3) is 6.59. The highest BCUT2D eigenvalue weighted by Gasteiger charge is 2.26. The Morgan fingerprint density at radius 1 is 1.32 bits per heavy atom. The zero-order valence-electron chi connectivity index (χ0n) is 14.5. The molecule has 1 aromatic rings. The number of carbonyl (C=O) groups is 3. The van der Waals surface area contributed by atoms with Crippen LogP contribution in [-0.2, 0) is 9.59 Å². The first-order valence-corrected chi connectivity index (χ1v) is 9.57. The van der Waals surface area contributed by atoms with E-state index in [1.807, 2.05) is 6.26 Å². The largest absolute Gasteiger partial charge is 0.481 e. The van der Waals surface area contributed by atoms with Gasteiger partial charge < -0.3 is 15.3 Å². The molecule has 0 bridgehead atoms. The Balaban J connectivity index is 2.85. The van der Waals surface area contributed by atoms with E-state index in [1.54, 1.807) is 36.0 Å². The maximum atomic E-state index is 12.6. The number of benzene rings is 1. The minimum Gasteiger partial charge on any atom is -0.481 e. The van der Waals surface area contributed by atoms with E-state index in [9.17, 15) is 14.4 Å². The van der Waals surface area contributed by atoms with Crippen LogP contribution < -0.4 is 5.32 Å². The van der Waals surface area contributed by atoms with Crippen molar-refractivity contribution in [1.29, 1.82) is 0 Å². The number of carboxylic acids is 1. The molecule has 2 atom stereocenters. The SMILES string of the molecule is CSCCC(NC(=O)c1ccccc1Cl)C(=O)N(C)CC(C)C(=O)O. The van der Waals surface area contributed by atoms with Crippen molar-refractivity contribution in [3.05, 3.63) is 34.9 Å². The molecule has 138 valence electrons. The van der Waals surface area contributed by atoms with E-state index in [2.05, 4.69) is 5.32 Å². The van der Waals surface area contributed by atoms with Crippen LogP contribution in [0, 0.1) is 5.92 Å². The third-order valence-electron chi connectivity index (χ3n) is 3.68. The number of likely N-dealkylation sites (N-methyl/N-ethyl adjacent to an activating group) is 1. The maximum Gasteiger partial charge on any atom is 0.308 e. The molecule has 0 saturated carbocycles. The van der Waals surface area contributed by atoms with Gasteiger partial charge in [0.2, 0.25) is 5.91 Å². The second-order valence-corrected chi connectivity index (χ2v) is 7.14. The lowest BCUT2D eigenvalue weighted by Gasteiger charge is -2.26. The summed E-state index contributed by atoms with van der Waals surface area (Å²) in [5.74, 6) is -1.72. The molecule has 2 N–H and O–H groups in total. The Morgan fingerprint density at radius 3 is 2.52 bits per heavy atom. The maximum absolute atomic E-state index is 12.6. The summed E-state index contributed by atoms with van der Waals surface area (Å²) < 4.78 is 0. The quantitative estimate of drug-likeness (QED) is 0.680. The van der Waals surface area contributed by atoms with Crippen LogP contribution in [0.25, 0.3) is 0 Å². The molecule has 0 heterocycles. The number of halogens is 1. The molecule has 2 amide bonds. The Morgan fingerprint density at radius 2 is 1.96 bits per heavy atom. The fourth-order valence-electron chi connectivity index (χ4n) is 2.22. The summed E-state index contributed by atoms with van der Waals surface area (Å²) in [4.78, 5) is 37.4. The van der Waals surface area contributed by atoms with Crippen molar-refractivity contribution >= 4 is 41.1 Å². The average molecular weight is 387 g/mol. The fourth-order valence-corrected chi connectivity index (χ4v) is 2.91. The van der Waals surface area contributed by atoms with Gasteiger partial charge in [-0.05, 0) is 30.6 Å². The lowest BCUT2D eigenvalue weighted by molar-refractivity contribution is -0.143. The molecule has 0 fully saturated rings. The monoisotopic (exact) mass is 386 g/mol. The third-order valence-corrected chi connectivity index (χ3v) is 4.65. The molecule has 8 heteroatoms. The topological polar surface area (TPSA) is 86.7 Å². The molecular formula is C17H23ClN2O4S. The predicted octanol–water partition coefficient (Wildman–Crippen LogP) is 2.37. The van der Waals surface area contributed by atoms with Crippen molar-refractivity contribution in [1.82, 2.24) is 10.2 Å². The Bertz CT molecular complexity index is 626. The van der Waals surface area contributed by atoms with Gasteiger partial charge in [0.05, 0.1) is 16.5 Å². The highest BCUT2D eigenvalue weighted by Crippen LogP contribution is 2.15. The Labute approximate surface area is 156 Å². The number of amides is 2. The fraction of sp³-hybridized carbons (Fsp3) is 0.471. The van der Waals surface area contributed by atoms with Gasteiger partial charge in [-0.2, -0.15) is 11.8 Å². The summed E-state index contributed by atoms with van der Waals surface area (Å²) in [5, 5.41) is 12.0. The van der Waals surface area contributed by atoms with Gasteiger partial charge in [0, 0.05) is 13.6 Å². The van der Waals surface area contributed by atoms with Gasteiger partial charge >= 0.3 is 5.97 Å². The van der Waals surface area contributed by atoms with Crippen LogP contribution in [0.1, 0.15) is 23.7 Å². The Kier molecular flexibility index (Phi) is 8.78. The van der Waals surface area contributed by atoms with Crippen LogP contribution in [-0.4, -0.2) is 59.4 Å². The van der Waals surface area contributed by atoms with Gasteiger partial charge in [-0.3, -0.25) is 14.4 Å². The van der Waals surface area contributed by atoms with Crippen molar-refractivity contribution in [2.75, 3.05) is 25.6 Å². The second kappa shape index (κ2) is 10.3. The average Bonchev–Trinajstić information content (AvgIpc) is 2.57. The van der Waals surface area contributed by atoms with Crippen molar-refractivity contribution in [2.45, 2.75) is 19.4 Å². The number of carbonyl (C=O) groups excluding carboxylic acids is 2. The standard InChI is InChI=1S/C17H23ClN2O4S/c1-11(17(23)24)10-20(2)16(22)14(8-9-25-3)19-15(21)12-6-4-5-7-13(12)18/h4-7,11,14H,8-10H2,1-3H3,(H,19,21)(H,23,24). The molecule has 0 saturated heterocycles. The summed E-state index contributed by atoms with van der Waals surface area (Å²) in [6.45, 7) is 1.61. The van der Waals surface area contributed by atoms with Crippen LogP contribution in [0.4, 0.5) is 0 Å². The molecule has 0 aliphatic heterocycles. The molecule has 1 aromatic carbocycles. The normalized spacial score (nSPS) is 13.0. The number of thioether (sulfide) groups is 1. The number of carboxylic acid groups (broad SMARTS) is 1. The minimum absolute atomic E-state index is 0.0753. The first-order valence-electron chi connectivity index (χ1n) is 7.80. The van der Waals surface area contributed by atoms with Crippen LogP contribution in [0.15, 0.2) is 24.3 Å². The van der Waals surface area contributed by atoms with Gasteiger partial charge in [0.15, 0.2) is 0 Å². The smallest absolute Gasteiger partial charge is 0.308 e. The highest BCUT2D eigenvalue weighted by molar-refractivity contribution is 7.98. The summed E-state index contributed by atoms with van der Waals surface area (Å²) >= 11 is 7.59. The molecule has 1 rings (SSSR count). The van der Waals surface area contributed by atoms with Crippen LogP contribution >= 0.6 is 23.4 Å². The first kappa shape index (κ1) is 21.3. The summed E-state index contributed by atoms with van der Waals surface area (Å²) in [5.41, 5.74) is 0.299. The van der Waals surface area contributed by atoms with Crippen molar-refractivity contribution in [3.8, 4) is 0 Å². The predicted molar refractivity (Wildman–Crippen MR) is 100 cm³/mol. The van der Waals surface area contributed by atoms with E-state index < -0.39 is 23.8 Å². The summed E-state index contributed by atoms with van der Waals surface area (Å²) in [6, 6.07) is 5.87. The number of aliphatic carboxylic acids is 1. The molecule has 0 aliphatic carbocycles. The van der Waals surface area contributed by atoms with Gasteiger partial charge in [0.25, 0.3) is 5.91 Å². The van der Waals surface area contributed by atoms with Crippen molar-refractivity contribution in [3.63, 3.8) is 0 Å². The second-order valence-electron chi connectivity index (χ2n) is 5.75. The highest BCUT2D eigenvalue weighted by atomic mass is 35.5. The van der Waals surface area contributed by atoms with E-state index in [4.69, 9.17) is 16.7 Å². The molecule has 0 radical (unpaired) electrons. The van der Waals surface area contributed by atoms with E-state index in [-0.39, 0.29) is 12.5 Å². The van der Waals surface area contributed by atoms with Gasteiger partial charge in [0.1, 0.15) is 6.04 Å². The molecule has 0 spiro atoms. The lowest BCUT2D eigenvalue weighted by Crippen LogP contribution is -2.49. The molecular weight excluding hydrogens is 364 g/mol. The minimum atomic E-state index is -0.972. The molecule has 25 heavy (non-hydrogen) atoms. The molecule has 0 aliphatic rings. The van der Waals surface area contributed by atoms with Gasteiger partial charge in [-0.15, -0.1) is 0 Å². The van der Waals surface area contributed by atoms with Crippen LogP contribution in [0.5, 0.6) is 0 Å². The van der Waals surface area contributed by atoms with Crippen LogP contribution in [0.3, 0.4) is 0 Å². The van der Waals surface area contributed by atoms with E-state index >= 15 is 0 Å². The van der Waals surface area contributed by atoms with Crippen LogP contribution in [0.2, 0.25) is 5.02 Å². The Hall–Kier alpha value is -1.73. The molecule has 0 aromatic heterocycles. The molecule has 6 nitrogen and oxygen atoms in total. The van der Waals surface area contributed by atoms with Crippen molar-refractivity contribution < 1.29 is 19.5 Å². The van der Waals surface area contributed by atoms with E-state index in [1.165, 1.54) is 18.9 Å². The first-order chi connectivity index (χ1) is 11.8. The number of rotatable bonds is 9. The van der Waals surface area contributed by atoms with Crippen molar-refractivity contribution in [2.24, 2.45) is 5.92 Å². The number of nitrogens with one attached hydrogen (secondary N) is 1. The van der Waals surface area contributed by atoms with Gasteiger partial charge in [-0.25, -0.2) is 0 Å². The van der Waals surface area contributed by atoms with Gasteiger partial charge in [-0.1, -0.05) is 30.7 Å². The molecule has 2 unspecified atom stereocenters. The number of hydrogen-bond donors (Lipinski definition) is 2. The number of hydrogen-bond acceptors (Lipinski definition) is 4. The number of nitrogens with zero attached hydrogens (tertiary/aromatic N) is 1. The zero-order valence-corrected chi connectivity index (χ0v) is 16.1. The van der Waals surface area contributed by atoms with E-state index in [0.717, 1.165) is 0 Å². The van der Waals surface area contributed by atoms with E-state index in [0.29, 0.717) is 22.8 Å². The lowest BCUT2D eigenvalue weighted by atomic mass is 10.1. The summed E-state index contributed by atoms with van der Waals surface area (Å²) in [6.07, 6.45) is 2.36. The zero-order chi connectivity index (χ0) is 19.0.